The Hall–Kier alpha value is -1.51. The third-order valence-electron chi connectivity index (χ3n) is 2.76. The SMILES string of the molecule is COCCc1c(C(=O)OC)nnn1CC(O)COC(C)C. The van der Waals surface area contributed by atoms with Crippen molar-refractivity contribution in [1.29, 1.82) is 0 Å². The monoisotopic (exact) mass is 301 g/mol. The Morgan fingerprint density at radius 3 is 2.67 bits per heavy atom. The van der Waals surface area contributed by atoms with Crippen LogP contribution in [-0.4, -0.2) is 65.7 Å². The van der Waals surface area contributed by atoms with Gasteiger partial charge in [0.05, 0.1) is 44.8 Å². The van der Waals surface area contributed by atoms with Crippen molar-refractivity contribution in [2.45, 2.75) is 39.0 Å². The molecule has 1 aromatic rings. The normalized spacial score (nSPS) is 12.7. The molecule has 0 aliphatic heterocycles. The lowest BCUT2D eigenvalue weighted by atomic mass is 10.2. The number of carbonyl (C=O) groups excluding carboxylic acids is 1. The van der Waals surface area contributed by atoms with Gasteiger partial charge in [-0.15, -0.1) is 5.10 Å². The molecule has 0 aliphatic carbocycles. The number of esters is 1. The molecule has 1 rings (SSSR count). The lowest BCUT2D eigenvalue weighted by Gasteiger charge is -2.14. The van der Waals surface area contributed by atoms with E-state index in [2.05, 4.69) is 15.0 Å². The lowest BCUT2D eigenvalue weighted by molar-refractivity contribution is -0.00260. The standard InChI is InChI=1S/C13H23N3O5/c1-9(2)21-8-10(17)7-16-11(5-6-19-3)12(14-15-16)13(18)20-4/h9-10,17H,5-8H2,1-4H3. The van der Waals surface area contributed by atoms with Gasteiger partial charge in [-0.1, -0.05) is 5.21 Å². The van der Waals surface area contributed by atoms with Crippen molar-refractivity contribution in [2.75, 3.05) is 27.4 Å². The van der Waals surface area contributed by atoms with Crippen molar-refractivity contribution < 1.29 is 24.1 Å². The smallest absolute Gasteiger partial charge is 0.360 e. The maximum Gasteiger partial charge on any atom is 0.360 e. The van der Waals surface area contributed by atoms with Crippen LogP contribution in [0.3, 0.4) is 0 Å². The van der Waals surface area contributed by atoms with Gasteiger partial charge in [-0.05, 0) is 13.8 Å². The zero-order chi connectivity index (χ0) is 15.8. The van der Waals surface area contributed by atoms with Crippen LogP contribution in [0.15, 0.2) is 0 Å². The highest BCUT2D eigenvalue weighted by molar-refractivity contribution is 5.88. The van der Waals surface area contributed by atoms with Crippen molar-refractivity contribution in [3.8, 4) is 0 Å². The summed E-state index contributed by atoms with van der Waals surface area (Å²) in [6.45, 7) is 4.57. The molecular weight excluding hydrogens is 278 g/mol. The molecule has 1 heterocycles. The second kappa shape index (κ2) is 8.71. The molecule has 0 aliphatic rings. The van der Waals surface area contributed by atoms with Crippen molar-refractivity contribution in [2.24, 2.45) is 0 Å². The predicted octanol–water partition coefficient (Wildman–Crippen LogP) is 0.0395. The van der Waals surface area contributed by atoms with E-state index in [4.69, 9.17) is 9.47 Å². The Labute approximate surface area is 124 Å². The first-order valence-corrected chi connectivity index (χ1v) is 6.78. The second-order valence-electron chi connectivity index (χ2n) is 4.84. The fourth-order valence-electron chi connectivity index (χ4n) is 1.74. The minimum Gasteiger partial charge on any atom is -0.464 e. The van der Waals surface area contributed by atoms with E-state index in [1.54, 1.807) is 7.11 Å². The van der Waals surface area contributed by atoms with E-state index in [1.165, 1.54) is 11.8 Å². The number of methoxy groups -OCH3 is 2. The van der Waals surface area contributed by atoms with Crippen LogP contribution in [0.4, 0.5) is 0 Å². The summed E-state index contributed by atoms with van der Waals surface area (Å²) in [6.07, 6.45) is -0.249. The number of nitrogens with zero attached hydrogens (tertiary/aromatic N) is 3. The minimum absolute atomic E-state index is 0.0361. The number of aliphatic hydroxyl groups is 1. The van der Waals surface area contributed by atoms with E-state index >= 15 is 0 Å². The summed E-state index contributed by atoms with van der Waals surface area (Å²) in [5.41, 5.74) is 0.721. The van der Waals surface area contributed by atoms with E-state index in [9.17, 15) is 9.90 Å². The molecule has 120 valence electrons. The summed E-state index contributed by atoms with van der Waals surface area (Å²) >= 11 is 0. The van der Waals surface area contributed by atoms with Gasteiger partial charge in [0.15, 0.2) is 5.69 Å². The molecule has 0 radical (unpaired) electrons. The van der Waals surface area contributed by atoms with Crippen LogP contribution in [0.5, 0.6) is 0 Å². The number of hydrogen-bond donors (Lipinski definition) is 1. The highest BCUT2D eigenvalue weighted by atomic mass is 16.5. The fraction of sp³-hybridized carbons (Fsp3) is 0.769. The van der Waals surface area contributed by atoms with Crippen molar-refractivity contribution in [3.63, 3.8) is 0 Å². The van der Waals surface area contributed by atoms with E-state index < -0.39 is 12.1 Å². The van der Waals surface area contributed by atoms with Gasteiger partial charge in [0.1, 0.15) is 0 Å². The van der Waals surface area contributed by atoms with Gasteiger partial charge in [-0.3, -0.25) is 0 Å². The summed E-state index contributed by atoms with van der Waals surface area (Å²) in [7, 11) is 2.85. The molecule has 1 atom stereocenters. The molecule has 0 saturated heterocycles. The van der Waals surface area contributed by atoms with Crippen LogP contribution >= 0.6 is 0 Å². The maximum absolute atomic E-state index is 11.6. The first kappa shape index (κ1) is 17.5. The largest absolute Gasteiger partial charge is 0.464 e. The number of ether oxygens (including phenoxy) is 3. The number of carbonyl (C=O) groups is 1. The van der Waals surface area contributed by atoms with Crippen molar-refractivity contribution in [3.05, 3.63) is 11.4 Å². The number of aromatic nitrogens is 3. The summed E-state index contributed by atoms with van der Waals surface area (Å²) in [5, 5.41) is 17.7. The average molecular weight is 301 g/mol. The van der Waals surface area contributed by atoms with Crippen LogP contribution in [0, 0.1) is 0 Å². The zero-order valence-electron chi connectivity index (χ0n) is 12.9. The summed E-state index contributed by atoms with van der Waals surface area (Å²) in [6, 6.07) is 0. The van der Waals surface area contributed by atoms with E-state index in [-0.39, 0.29) is 24.9 Å². The Morgan fingerprint density at radius 2 is 2.10 bits per heavy atom. The molecule has 0 spiro atoms. The average Bonchev–Trinajstić information content (AvgIpc) is 2.84. The van der Waals surface area contributed by atoms with E-state index in [0.29, 0.717) is 18.7 Å². The first-order valence-electron chi connectivity index (χ1n) is 6.78. The molecule has 0 bridgehead atoms. The summed E-state index contributed by atoms with van der Waals surface area (Å²) in [4.78, 5) is 11.6. The molecule has 0 fully saturated rings. The van der Waals surface area contributed by atoms with Gasteiger partial charge >= 0.3 is 5.97 Å². The minimum atomic E-state index is -0.735. The third-order valence-corrected chi connectivity index (χ3v) is 2.76. The van der Waals surface area contributed by atoms with Crippen molar-refractivity contribution >= 4 is 5.97 Å². The van der Waals surface area contributed by atoms with Gasteiger partial charge in [0.25, 0.3) is 0 Å². The van der Waals surface area contributed by atoms with Gasteiger partial charge < -0.3 is 19.3 Å². The molecule has 8 nitrogen and oxygen atoms in total. The Balaban J connectivity index is 2.80. The maximum atomic E-state index is 11.6. The summed E-state index contributed by atoms with van der Waals surface area (Å²) in [5.74, 6) is -0.555. The first-order chi connectivity index (χ1) is 9.99. The van der Waals surface area contributed by atoms with Crippen molar-refractivity contribution in [1.82, 2.24) is 15.0 Å². The lowest BCUT2D eigenvalue weighted by Crippen LogP contribution is -2.26. The Bertz CT molecular complexity index is 447. The van der Waals surface area contributed by atoms with E-state index in [1.807, 2.05) is 13.8 Å². The molecule has 8 heteroatoms. The van der Waals surface area contributed by atoms with Gasteiger partial charge in [-0.2, -0.15) is 0 Å². The number of aliphatic hydroxyl groups excluding tert-OH is 1. The molecule has 21 heavy (non-hydrogen) atoms. The second-order valence-corrected chi connectivity index (χ2v) is 4.84. The Morgan fingerprint density at radius 1 is 1.38 bits per heavy atom. The van der Waals surface area contributed by atoms with Crippen LogP contribution < -0.4 is 0 Å². The highest BCUT2D eigenvalue weighted by Gasteiger charge is 2.21. The molecule has 1 unspecified atom stereocenters. The number of hydrogen-bond acceptors (Lipinski definition) is 7. The van der Waals surface area contributed by atoms with Crippen LogP contribution in [0.2, 0.25) is 0 Å². The zero-order valence-corrected chi connectivity index (χ0v) is 12.9. The third kappa shape index (κ3) is 5.41. The van der Waals surface area contributed by atoms with E-state index in [0.717, 1.165) is 0 Å². The molecule has 1 aromatic heterocycles. The highest BCUT2D eigenvalue weighted by Crippen LogP contribution is 2.09. The van der Waals surface area contributed by atoms with Gasteiger partial charge in [0.2, 0.25) is 0 Å². The molecule has 0 aromatic carbocycles. The molecule has 0 amide bonds. The number of rotatable bonds is 9. The molecule has 0 saturated carbocycles. The molecular formula is C13H23N3O5. The van der Waals surface area contributed by atoms with Crippen LogP contribution in [0.25, 0.3) is 0 Å². The Kier molecular flexibility index (Phi) is 7.27. The van der Waals surface area contributed by atoms with Crippen LogP contribution in [0.1, 0.15) is 30.0 Å². The van der Waals surface area contributed by atoms with Gasteiger partial charge in [0, 0.05) is 13.5 Å². The van der Waals surface area contributed by atoms with Gasteiger partial charge in [-0.25, -0.2) is 9.48 Å². The molecule has 1 N–H and O–H groups in total. The quantitative estimate of drug-likeness (QED) is 0.643. The summed E-state index contributed by atoms with van der Waals surface area (Å²) < 4.78 is 16.5. The topological polar surface area (TPSA) is 95.7 Å². The van der Waals surface area contributed by atoms with Crippen LogP contribution in [-0.2, 0) is 27.2 Å². The fourth-order valence-corrected chi connectivity index (χ4v) is 1.74. The predicted molar refractivity (Wildman–Crippen MR) is 74.0 cm³/mol.